The average Bonchev–Trinajstić information content (AvgIpc) is 2.16. The number of aliphatic hydroxyl groups excluding tert-OH is 1. The summed E-state index contributed by atoms with van der Waals surface area (Å²) >= 11 is 0. The van der Waals surface area contributed by atoms with Crippen LogP contribution in [-0.2, 0) is 4.84 Å². The van der Waals surface area contributed by atoms with E-state index in [1.54, 1.807) is 7.11 Å². The molecular formula is C10H23NO2. The number of aliphatic hydroxyl groups is 1. The molecule has 0 spiro atoms. The van der Waals surface area contributed by atoms with Gasteiger partial charge >= 0.3 is 0 Å². The lowest BCUT2D eigenvalue weighted by Crippen LogP contribution is -2.27. The molecule has 0 rings (SSSR count). The third-order valence-corrected chi connectivity index (χ3v) is 2.48. The van der Waals surface area contributed by atoms with E-state index in [9.17, 15) is 5.11 Å². The molecule has 0 amide bonds. The van der Waals surface area contributed by atoms with Gasteiger partial charge in [-0.05, 0) is 18.8 Å². The molecule has 13 heavy (non-hydrogen) atoms. The van der Waals surface area contributed by atoms with Crippen molar-refractivity contribution in [2.45, 2.75) is 39.2 Å². The van der Waals surface area contributed by atoms with Crippen LogP contribution < -0.4 is 0 Å². The van der Waals surface area contributed by atoms with Gasteiger partial charge in [0, 0.05) is 13.6 Å². The first-order valence-electron chi connectivity index (χ1n) is 5.07. The Bertz CT molecular complexity index is 107. The molecule has 0 heterocycles. The molecule has 0 bridgehead atoms. The van der Waals surface area contributed by atoms with E-state index >= 15 is 0 Å². The summed E-state index contributed by atoms with van der Waals surface area (Å²) in [5, 5.41) is 11.3. The first-order valence-corrected chi connectivity index (χ1v) is 5.07. The molecule has 2 atom stereocenters. The molecule has 0 aromatic heterocycles. The minimum atomic E-state index is -0.157. The normalized spacial score (nSPS) is 16.2. The topological polar surface area (TPSA) is 32.7 Å². The van der Waals surface area contributed by atoms with Crippen molar-refractivity contribution in [2.75, 3.05) is 20.7 Å². The van der Waals surface area contributed by atoms with Gasteiger partial charge in [0.05, 0.1) is 13.2 Å². The van der Waals surface area contributed by atoms with Crippen LogP contribution in [0.3, 0.4) is 0 Å². The van der Waals surface area contributed by atoms with Crippen LogP contribution in [0, 0.1) is 5.92 Å². The van der Waals surface area contributed by atoms with Crippen LogP contribution in [0.4, 0.5) is 0 Å². The molecule has 0 aliphatic rings. The Morgan fingerprint density at radius 3 is 2.31 bits per heavy atom. The van der Waals surface area contributed by atoms with Crippen LogP contribution in [0.5, 0.6) is 0 Å². The molecule has 0 saturated heterocycles. The molecule has 3 nitrogen and oxygen atoms in total. The van der Waals surface area contributed by atoms with Crippen molar-refractivity contribution in [3.63, 3.8) is 0 Å². The predicted octanol–water partition coefficient (Wildman–Crippen LogP) is 1.67. The first kappa shape index (κ1) is 12.9. The van der Waals surface area contributed by atoms with Crippen LogP contribution in [0.15, 0.2) is 0 Å². The van der Waals surface area contributed by atoms with Crippen molar-refractivity contribution < 1.29 is 9.94 Å². The maximum atomic E-state index is 9.49. The highest BCUT2D eigenvalue weighted by Gasteiger charge is 2.13. The maximum absolute atomic E-state index is 9.49. The Labute approximate surface area is 81.6 Å². The Kier molecular flexibility index (Phi) is 7.23. The van der Waals surface area contributed by atoms with E-state index in [0.29, 0.717) is 5.92 Å². The van der Waals surface area contributed by atoms with Gasteiger partial charge in [0.25, 0.3) is 0 Å². The molecule has 3 heteroatoms. The third kappa shape index (κ3) is 6.02. The lowest BCUT2D eigenvalue weighted by Gasteiger charge is -2.22. The smallest absolute Gasteiger partial charge is 0.0575 e. The van der Waals surface area contributed by atoms with Gasteiger partial charge in [-0.3, -0.25) is 0 Å². The van der Waals surface area contributed by atoms with Crippen LogP contribution in [0.2, 0.25) is 0 Å². The zero-order valence-corrected chi connectivity index (χ0v) is 9.29. The van der Waals surface area contributed by atoms with Crippen molar-refractivity contribution in [3.05, 3.63) is 0 Å². The van der Waals surface area contributed by atoms with E-state index < -0.39 is 0 Å². The number of nitrogens with zero attached hydrogens (tertiary/aromatic N) is 1. The predicted molar refractivity (Wildman–Crippen MR) is 54.3 cm³/mol. The fourth-order valence-electron chi connectivity index (χ4n) is 1.36. The molecule has 80 valence electrons. The lowest BCUT2D eigenvalue weighted by molar-refractivity contribution is -0.120. The van der Waals surface area contributed by atoms with Gasteiger partial charge in [0.15, 0.2) is 0 Å². The molecule has 0 saturated carbocycles. The maximum Gasteiger partial charge on any atom is 0.0575 e. The van der Waals surface area contributed by atoms with E-state index in [1.807, 2.05) is 19.0 Å². The van der Waals surface area contributed by atoms with E-state index in [4.69, 9.17) is 4.84 Å². The van der Waals surface area contributed by atoms with Crippen LogP contribution in [-0.4, -0.2) is 37.0 Å². The van der Waals surface area contributed by atoms with Gasteiger partial charge in [-0.15, -0.1) is 0 Å². The van der Waals surface area contributed by atoms with Crippen molar-refractivity contribution in [3.8, 4) is 0 Å². The molecule has 1 N–H and O–H groups in total. The zero-order valence-electron chi connectivity index (χ0n) is 9.29. The van der Waals surface area contributed by atoms with Crippen molar-refractivity contribution >= 4 is 0 Å². The van der Waals surface area contributed by atoms with Gasteiger partial charge in [-0.2, -0.15) is 5.06 Å². The standard InChI is InChI=1S/C10H23NO2/c1-5-9(7-10(12)6-2)8-11(3)13-4/h9-10,12H,5-8H2,1-4H3/t9-,10?/m1/s1. The second kappa shape index (κ2) is 7.30. The van der Waals surface area contributed by atoms with Gasteiger partial charge in [-0.1, -0.05) is 20.3 Å². The summed E-state index contributed by atoms with van der Waals surface area (Å²) in [5.41, 5.74) is 0. The van der Waals surface area contributed by atoms with E-state index in [2.05, 4.69) is 6.92 Å². The minimum absolute atomic E-state index is 0.157. The SMILES string of the molecule is CCC(O)C[C@@H](CC)CN(C)OC. The molecule has 0 aromatic carbocycles. The lowest BCUT2D eigenvalue weighted by atomic mass is 9.97. The summed E-state index contributed by atoms with van der Waals surface area (Å²) in [6.45, 7) is 5.05. The Hall–Kier alpha value is -0.120. The van der Waals surface area contributed by atoms with Crippen molar-refractivity contribution in [1.82, 2.24) is 5.06 Å². The molecule has 1 unspecified atom stereocenters. The van der Waals surface area contributed by atoms with Crippen LogP contribution >= 0.6 is 0 Å². The van der Waals surface area contributed by atoms with E-state index in [-0.39, 0.29) is 6.10 Å². The van der Waals surface area contributed by atoms with Crippen LogP contribution in [0.1, 0.15) is 33.1 Å². The molecule has 0 aliphatic carbocycles. The summed E-state index contributed by atoms with van der Waals surface area (Å²) in [6.07, 6.45) is 2.65. The summed E-state index contributed by atoms with van der Waals surface area (Å²) in [5.74, 6) is 0.528. The zero-order chi connectivity index (χ0) is 10.3. The molecule has 0 aromatic rings. The Balaban J connectivity index is 3.74. The fraction of sp³-hybridized carbons (Fsp3) is 1.00. The first-order chi connectivity index (χ1) is 6.13. The molecule has 0 radical (unpaired) electrons. The molecule has 0 fully saturated rings. The van der Waals surface area contributed by atoms with Gasteiger partial charge in [0.1, 0.15) is 0 Å². The second-order valence-electron chi connectivity index (χ2n) is 3.57. The van der Waals surface area contributed by atoms with Crippen LogP contribution in [0.25, 0.3) is 0 Å². The van der Waals surface area contributed by atoms with Crippen molar-refractivity contribution in [2.24, 2.45) is 5.92 Å². The third-order valence-electron chi connectivity index (χ3n) is 2.48. The van der Waals surface area contributed by atoms with E-state index in [1.165, 1.54) is 0 Å². The largest absolute Gasteiger partial charge is 0.393 e. The second-order valence-corrected chi connectivity index (χ2v) is 3.57. The number of hydrogen-bond acceptors (Lipinski definition) is 3. The van der Waals surface area contributed by atoms with Crippen molar-refractivity contribution in [1.29, 1.82) is 0 Å². The molecular weight excluding hydrogens is 166 g/mol. The average molecular weight is 189 g/mol. The Morgan fingerprint density at radius 1 is 1.31 bits per heavy atom. The highest BCUT2D eigenvalue weighted by Crippen LogP contribution is 2.14. The van der Waals surface area contributed by atoms with E-state index in [0.717, 1.165) is 25.8 Å². The minimum Gasteiger partial charge on any atom is -0.393 e. The Morgan fingerprint density at radius 2 is 1.92 bits per heavy atom. The summed E-state index contributed by atoms with van der Waals surface area (Å²) in [4.78, 5) is 5.05. The monoisotopic (exact) mass is 189 g/mol. The number of rotatable bonds is 7. The summed E-state index contributed by atoms with van der Waals surface area (Å²) < 4.78 is 0. The molecule has 0 aliphatic heterocycles. The highest BCUT2D eigenvalue weighted by molar-refractivity contribution is 4.64. The highest BCUT2D eigenvalue weighted by atomic mass is 16.7. The van der Waals surface area contributed by atoms with Gasteiger partial charge in [-0.25, -0.2) is 0 Å². The summed E-state index contributed by atoms with van der Waals surface area (Å²) in [6, 6.07) is 0. The van der Waals surface area contributed by atoms with Gasteiger partial charge in [0.2, 0.25) is 0 Å². The summed E-state index contributed by atoms with van der Waals surface area (Å²) in [7, 11) is 3.59. The fourth-order valence-corrected chi connectivity index (χ4v) is 1.36. The number of hydroxylamine groups is 2. The number of hydrogen-bond donors (Lipinski definition) is 1. The quantitative estimate of drug-likeness (QED) is 0.618. The van der Waals surface area contributed by atoms with Gasteiger partial charge < -0.3 is 9.94 Å².